The molecular formula is C18H18N2O5. The van der Waals surface area contributed by atoms with E-state index >= 15 is 0 Å². The van der Waals surface area contributed by atoms with Crippen LogP contribution in [0.5, 0.6) is 11.6 Å². The molecule has 130 valence electrons. The number of nitrogens with zero attached hydrogens (tertiary/aromatic N) is 2. The average molecular weight is 342 g/mol. The van der Waals surface area contributed by atoms with Gasteiger partial charge in [-0.05, 0) is 24.6 Å². The third kappa shape index (κ3) is 3.39. The summed E-state index contributed by atoms with van der Waals surface area (Å²) in [6.45, 7) is 1.64. The van der Waals surface area contributed by atoms with Gasteiger partial charge >= 0.3 is 0 Å². The first-order valence-electron chi connectivity index (χ1n) is 7.50. The van der Waals surface area contributed by atoms with Crippen LogP contribution in [0.15, 0.2) is 29.1 Å². The van der Waals surface area contributed by atoms with Crippen LogP contribution in [-0.2, 0) is 11.3 Å². The molecule has 0 saturated heterocycles. The fourth-order valence-corrected chi connectivity index (χ4v) is 2.52. The summed E-state index contributed by atoms with van der Waals surface area (Å²) in [4.78, 5) is 25.2. The molecule has 7 heteroatoms. The largest absolute Gasteiger partial charge is 0.497 e. The van der Waals surface area contributed by atoms with Crippen molar-refractivity contribution in [3.63, 3.8) is 0 Å². The van der Waals surface area contributed by atoms with Gasteiger partial charge in [-0.2, -0.15) is 5.26 Å². The van der Waals surface area contributed by atoms with Gasteiger partial charge in [0, 0.05) is 12.7 Å². The molecule has 0 atom stereocenters. The summed E-state index contributed by atoms with van der Waals surface area (Å²) in [6.07, 6.45) is 0. The first kappa shape index (κ1) is 18.2. The molecule has 2 rings (SSSR count). The van der Waals surface area contributed by atoms with Crippen LogP contribution < -0.4 is 10.3 Å². The molecule has 0 bridgehead atoms. The molecule has 0 radical (unpaired) electrons. The lowest BCUT2D eigenvalue weighted by atomic mass is 9.97. The molecule has 7 nitrogen and oxygen atoms in total. The Labute approximate surface area is 144 Å². The van der Waals surface area contributed by atoms with Crippen LogP contribution in [0.4, 0.5) is 0 Å². The quantitative estimate of drug-likeness (QED) is 0.801. The number of methoxy groups -OCH3 is 2. The Balaban J connectivity index is 2.69. The molecule has 0 saturated carbocycles. The Bertz CT molecular complexity index is 909. The minimum atomic E-state index is -0.656. The van der Waals surface area contributed by atoms with Crippen LogP contribution >= 0.6 is 0 Å². The highest BCUT2D eigenvalue weighted by atomic mass is 16.5. The van der Waals surface area contributed by atoms with Crippen molar-refractivity contribution in [1.82, 2.24) is 4.57 Å². The van der Waals surface area contributed by atoms with E-state index in [9.17, 15) is 20.0 Å². The number of ether oxygens (including phenoxy) is 2. The van der Waals surface area contributed by atoms with Crippen molar-refractivity contribution < 1.29 is 19.4 Å². The molecule has 0 aliphatic carbocycles. The molecule has 1 heterocycles. The summed E-state index contributed by atoms with van der Waals surface area (Å²) in [5.74, 6) is -0.501. The molecule has 1 aromatic heterocycles. The molecule has 0 spiro atoms. The summed E-state index contributed by atoms with van der Waals surface area (Å²) in [7, 11) is 2.93. The SMILES string of the molecule is COCCn1c(O)c(C(=O)c2cccc(OC)c2)c(C)c(C#N)c1=O. The number of ketones is 1. The lowest BCUT2D eigenvalue weighted by Gasteiger charge is -2.15. The van der Waals surface area contributed by atoms with E-state index in [0.29, 0.717) is 5.75 Å². The molecule has 0 aliphatic rings. The summed E-state index contributed by atoms with van der Waals surface area (Å²) in [6, 6.07) is 8.24. The number of pyridine rings is 1. The van der Waals surface area contributed by atoms with Gasteiger partial charge in [0.15, 0.2) is 5.78 Å². The number of aromatic nitrogens is 1. The number of carbonyl (C=O) groups is 1. The first-order valence-corrected chi connectivity index (χ1v) is 7.50. The number of carbonyl (C=O) groups excluding carboxylic acids is 1. The molecule has 0 unspecified atom stereocenters. The highest BCUT2D eigenvalue weighted by molar-refractivity contribution is 6.11. The molecule has 1 N–H and O–H groups in total. The van der Waals surface area contributed by atoms with Crippen molar-refractivity contribution >= 4 is 5.78 Å². The van der Waals surface area contributed by atoms with Crippen LogP contribution in [0.2, 0.25) is 0 Å². The van der Waals surface area contributed by atoms with E-state index < -0.39 is 17.2 Å². The van der Waals surface area contributed by atoms with Crippen LogP contribution in [0.1, 0.15) is 27.0 Å². The van der Waals surface area contributed by atoms with Crippen molar-refractivity contribution in [3.05, 3.63) is 56.9 Å². The number of nitriles is 1. The third-order valence-corrected chi connectivity index (χ3v) is 3.88. The molecule has 2 aromatic rings. The second-order valence-corrected chi connectivity index (χ2v) is 5.32. The zero-order valence-electron chi connectivity index (χ0n) is 14.2. The maximum absolute atomic E-state index is 12.9. The van der Waals surface area contributed by atoms with Crippen LogP contribution in [0.25, 0.3) is 0 Å². The van der Waals surface area contributed by atoms with Gasteiger partial charge in [0.2, 0.25) is 5.88 Å². The zero-order valence-corrected chi connectivity index (χ0v) is 14.2. The highest BCUT2D eigenvalue weighted by Gasteiger charge is 2.25. The normalized spacial score (nSPS) is 10.3. The van der Waals surface area contributed by atoms with Crippen molar-refractivity contribution in [2.75, 3.05) is 20.8 Å². The Hall–Kier alpha value is -3.11. The maximum atomic E-state index is 12.9. The van der Waals surface area contributed by atoms with Gasteiger partial charge in [-0.15, -0.1) is 0 Å². The number of aromatic hydroxyl groups is 1. The summed E-state index contributed by atoms with van der Waals surface area (Å²) >= 11 is 0. The molecule has 1 aromatic carbocycles. The summed E-state index contributed by atoms with van der Waals surface area (Å²) in [5, 5.41) is 19.8. The number of hydrogen-bond acceptors (Lipinski definition) is 6. The predicted molar refractivity (Wildman–Crippen MR) is 90.1 cm³/mol. The Kier molecular flexibility index (Phi) is 5.57. The van der Waals surface area contributed by atoms with Crippen molar-refractivity contribution in [1.29, 1.82) is 5.26 Å². The minimum absolute atomic E-state index is 0.0223. The predicted octanol–water partition coefficient (Wildman–Crippen LogP) is 1.62. The van der Waals surface area contributed by atoms with Gasteiger partial charge < -0.3 is 14.6 Å². The third-order valence-electron chi connectivity index (χ3n) is 3.88. The minimum Gasteiger partial charge on any atom is -0.497 e. The first-order chi connectivity index (χ1) is 12.0. The molecule has 0 amide bonds. The van der Waals surface area contributed by atoms with Crippen LogP contribution in [-0.4, -0.2) is 36.3 Å². The van der Waals surface area contributed by atoms with Gasteiger partial charge in [0.25, 0.3) is 5.56 Å². The van der Waals surface area contributed by atoms with Crippen molar-refractivity contribution in [2.45, 2.75) is 13.5 Å². The van der Waals surface area contributed by atoms with Gasteiger partial charge in [0.1, 0.15) is 17.4 Å². The number of rotatable bonds is 6. The van der Waals surface area contributed by atoms with Crippen LogP contribution in [0, 0.1) is 18.3 Å². The van der Waals surface area contributed by atoms with Crippen molar-refractivity contribution in [2.24, 2.45) is 0 Å². The average Bonchev–Trinajstić information content (AvgIpc) is 2.62. The molecular weight excluding hydrogens is 324 g/mol. The second-order valence-electron chi connectivity index (χ2n) is 5.32. The summed E-state index contributed by atoms with van der Waals surface area (Å²) in [5.41, 5.74) is -0.498. The molecule has 0 aliphatic heterocycles. The van der Waals surface area contributed by atoms with Crippen LogP contribution in [0.3, 0.4) is 0 Å². The van der Waals surface area contributed by atoms with E-state index in [2.05, 4.69) is 0 Å². The number of benzene rings is 1. The van der Waals surface area contributed by atoms with Gasteiger partial charge in [-0.3, -0.25) is 14.2 Å². The Morgan fingerprint density at radius 2 is 2.08 bits per heavy atom. The standard InChI is InChI=1S/C18H18N2O5/c1-11-14(10-19)17(22)20(7-8-24-2)18(23)15(11)16(21)12-5-4-6-13(9-12)25-3/h4-6,9,23H,7-8H2,1-3H3. The van der Waals surface area contributed by atoms with E-state index in [-0.39, 0.29) is 35.4 Å². The van der Waals surface area contributed by atoms with E-state index in [0.717, 1.165) is 4.57 Å². The molecule has 0 fully saturated rings. The highest BCUT2D eigenvalue weighted by Crippen LogP contribution is 2.26. The Morgan fingerprint density at radius 1 is 1.36 bits per heavy atom. The smallest absolute Gasteiger partial charge is 0.271 e. The topological polar surface area (TPSA) is 102 Å². The molecule has 25 heavy (non-hydrogen) atoms. The van der Waals surface area contributed by atoms with E-state index in [4.69, 9.17) is 9.47 Å². The van der Waals surface area contributed by atoms with Gasteiger partial charge in [0.05, 0.1) is 25.8 Å². The fourth-order valence-electron chi connectivity index (χ4n) is 2.52. The lowest BCUT2D eigenvalue weighted by molar-refractivity contribution is 0.103. The zero-order chi connectivity index (χ0) is 18.6. The fraction of sp³-hybridized carbons (Fsp3) is 0.278. The van der Waals surface area contributed by atoms with Crippen molar-refractivity contribution in [3.8, 4) is 17.7 Å². The summed E-state index contributed by atoms with van der Waals surface area (Å²) < 4.78 is 11.0. The van der Waals surface area contributed by atoms with E-state index in [1.54, 1.807) is 18.2 Å². The van der Waals surface area contributed by atoms with Gasteiger partial charge in [-0.25, -0.2) is 0 Å². The number of hydrogen-bond donors (Lipinski definition) is 1. The van der Waals surface area contributed by atoms with E-state index in [1.807, 2.05) is 6.07 Å². The Morgan fingerprint density at radius 3 is 2.68 bits per heavy atom. The van der Waals surface area contributed by atoms with E-state index in [1.165, 1.54) is 27.2 Å². The second kappa shape index (κ2) is 7.64. The maximum Gasteiger partial charge on any atom is 0.271 e. The van der Waals surface area contributed by atoms with Gasteiger partial charge in [-0.1, -0.05) is 12.1 Å². The lowest BCUT2D eigenvalue weighted by Crippen LogP contribution is -2.28. The monoisotopic (exact) mass is 342 g/mol.